The second-order valence-corrected chi connectivity index (χ2v) is 8.59. The fraction of sp³-hybridized carbons (Fsp3) is 0.333. The van der Waals surface area contributed by atoms with E-state index in [1.54, 1.807) is 42.5 Å². The second-order valence-electron chi connectivity index (χ2n) is 6.73. The van der Waals surface area contributed by atoms with Crippen molar-refractivity contribution in [3.63, 3.8) is 0 Å². The highest BCUT2D eigenvalue weighted by atomic mass is 32.2. The first kappa shape index (κ1) is 23.2. The van der Waals surface area contributed by atoms with Gasteiger partial charge in [-0.25, -0.2) is 8.42 Å². The molecule has 2 N–H and O–H groups in total. The highest BCUT2D eigenvalue weighted by molar-refractivity contribution is 7.92. The van der Waals surface area contributed by atoms with Gasteiger partial charge in [0.05, 0.1) is 30.3 Å². The molecule has 0 fully saturated rings. The van der Waals surface area contributed by atoms with Crippen molar-refractivity contribution in [2.75, 3.05) is 29.5 Å². The molecule has 0 saturated carbocycles. The van der Waals surface area contributed by atoms with Gasteiger partial charge in [0.15, 0.2) is 0 Å². The van der Waals surface area contributed by atoms with Crippen molar-refractivity contribution in [1.29, 1.82) is 0 Å². The number of methoxy groups -OCH3 is 1. The standard InChI is InChI=1S/C21H27N3O5S/c1-5-13-22-21(26)18-11-6-7-12-19(18)23-20(25)15(2)24(30(4,27)28)16-9-8-10-17(14-16)29-3/h6-12,14-15H,5,13H2,1-4H3,(H,22,26)(H,23,25)/t15-/m0/s1. The van der Waals surface area contributed by atoms with E-state index in [1.165, 1.54) is 20.1 Å². The summed E-state index contributed by atoms with van der Waals surface area (Å²) < 4.78 is 31.1. The van der Waals surface area contributed by atoms with Crippen LogP contribution >= 0.6 is 0 Å². The predicted molar refractivity (Wildman–Crippen MR) is 117 cm³/mol. The summed E-state index contributed by atoms with van der Waals surface area (Å²) in [6, 6.07) is 12.0. The van der Waals surface area contributed by atoms with Crippen LogP contribution in [0.3, 0.4) is 0 Å². The molecule has 0 unspecified atom stereocenters. The maximum Gasteiger partial charge on any atom is 0.253 e. The molecule has 0 aliphatic heterocycles. The Kier molecular flexibility index (Phi) is 7.82. The molecule has 0 aliphatic rings. The molecule has 2 aromatic rings. The smallest absolute Gasteiger partial charge is 0.253 e. The van der Waals surface area contributed by atoms with Gasteiger partial charge in [-0.15, -0.1) is 0 Å². The molecule has 0 heterocycles. The zero-order valence-corrected chi connectivity index (χ0v) is 18.3. The number of para-hydroxylation sites is 1. The number of amides is 2. The lowest BCUT2D eigenvalue weighted by molar-refractivity contribution is -0.116. The number of sulfonamides is 1. The Hall–Kier alpha value is -3.07. The average molecular weight is 434 g/mol. The third-order valence-electron chi connectivity index (χ3n) is 4.36. The number of ether oxygens (including phenoxy) is 1. The predicted octanol–water partition coefficient (Wildman–Crippen LogP) is 2.63. The lowest BCUT2D eigenvalue weighted by Gasteiger charge is -2.28. The quantitative estimate of drug-likeness (QED) is 0.633. The van der Waals surface area contributed by atoms with Crippen molar-refractivity contribution in [3.8, 4) is 5.75 Å². The molecule has 162 valence electrons. The van der Waals surface area contributed by atoms with E-state index in [2.05, 4.69) is 10.6 Å². The molecule has 30 heavy (non-hydrogen) atoms. The van der Waals surface area contributed by atoms with Crippen molar-refractivity contribution in [2.45, 2.75) is 26.3 Å². The maximum atomic E-state index is 12.9. The van der Waals surface area contributed by atoms with Crippen LogP contribution in [0.15, 0.2) is 48.5 Å². The Morgan fingerprint density at radius 3 is 2.47 bits per heavy atom. The second kappa shape index (κ2) is 10.1. The highest BCUT2D eigenvalue weighted by Crippen LogP contribution is 2.26. The van der Waals surface area contributed by atoms with Gasteiger partial charge >= 0.3 is 0 Å². The molecule has 0 radical (unpaired) electrons. The van der Waals surface area contributed by atoms with Crippen LogP contribution in [-0.2, 0) is 14.8 Å². The van der Waals surface area contributed by atoms with Crippen LogP contribution in [0.1, 0.15) is 30.6 Å². The van der Waals surface area contributed by atoms with E-state index in [9.17, 15) is 18.0 Å². The fourth-order valence-corrected chi connectivity index (χ4v) is 4.08. The number of hydrogen-bond donors (Lipinski definition) is 2. The molecule has 0 saturated heterocycles. The van der Waals surface area contributed by atoms with Gasteiger partial charge < -0.3 is 15.4 Å². The van der Waals surface area contributed by atoms with Crippen LogP contribution < -0.4 is 19.7 Å². The van der Waals surface area contributed by atoms with Gasteiger partial charge in [-0.2, -0.15) is 0 Å². The molecule has 9 heteroatoms. The Morgan fingerprint density at radius 2 is 1.83 bits per heavy atom. The molecule has 2 amide bonds. The van der Waals surface area contributed by atoms with Gasteiger partial charge in [0, 0.05) is 12.6 Å². The minimum absolute atomic E-state index is 0.300. The number of carbonyl (C=O) groups excluding carboxylic acids is 2. The summed E-state index contributed by atoms with van der Waals surface area (Å²) in [7, 11) is -2.31. The summed E-state index contributed by atoms with van der Waals surface area (Å²) in [5.41, 5.74) is 0.911. The van der Waals surface area contributed by atoms with E-state index in [4.69, 9.17) is 4.74 Å². The highest BCUT2D eigenvalue weighted by Gasteiger charge is 2.30. The lowest BCUT2D eigenvalue weighted by Crippen LogP contribution is -2.45. The summed E-state index contributed by atoms with van der Waals surface area (Å²) in [4.78, 5) is 25.3. The first-order valence-corrected chi connectivity index (χ1v) is 11.4. The SMILES string of the molecule is CCCNC(=O)c1ccccc1NC(=O)[C@H](C)N(c1cccc(OC)c1)S(C)(=O)=O. The van der Waals surface area contributed by atoms with Crippen LogP contribution in [0, 0.1) is 0 Å². The van der Waals surface area contributed by atoms with Gasteiger partial charge in [-0.1, -0.05) is 25.1 Å². The number of anilines is 2. The molecule has 2 rings (SSSR count). The van der Waals surface area contributed by atoms with Crippen LogP contribution in [0.25, 0.3) is 0 Å². The molecular formula is C21H27N3O5S. The zero-order valence-electron chi connectivity index (χ0n) is 17.5. The van der Waals surface area contributed by atoms with Gasteiger partial charge in [-0.3, -0.25) is 13.9 Å². The molecule has 1 atom stereocenters. The molecule has 0 bridgehead atoms. The molecule has 2 aromatic carbocycles. The monoisotopic (exact) mass is 433 g/mol. The first-order chi connectivity index (χ1) is 14.2. The Labute approximate surface area is 177 Å². The number of nitrogens with zero attached hydrogens (tertiary/aromatic N) is 1. The van der Waals surface area contributed by atoms with Crippen molar-refractivity contribution >= 4 is 33.2 Å². The number of benzene rings is 2. The van der Waals surface area contributed by atoms with Crippen LogP contribution in [0.2, 0.25) is 0 Å². The van der Waals surface area contributed by atoms with Gasteiger partial charge in [0.2, 0.25) is 15.9 Å². The minimum Gasteiger partial charge on any atom is -0.497 e. The topological polar surface area (TPSA) is 105 Å². The van der Waals surface area contributed by atoms with Gasteiger partial charge in [0.25, 0.3) is 5.91 Å². The van der Waals surface area contributed by atoms with Gasteiger partial charge in [0.1, 0.15) is 11.8 Å². The Balaban J connectivity index is 2.32. The summed E-state index contributed by atoms with van der Waals surface area (Å²) in [5.74, 6) is -0.418. The van der Waals surface area contributed by atoms with Gasteiger partial charge in [-0.05, 0) is 37.6 Å². The van der Waals surface area contributed by atoms with Crippen LogP contribution in [0.4, 0.5) is 11.4 Å². The summed E-state index contributed by atoms with van der Waals surface area (Å²) in [6.45, 7) is 3.93. The number of carbonyl (C=O) groups is 2. The Bertz CT molecular complexity index is 1010. The van der Waals surface area contributed by atoms with Crippen molar-refractivity contribution in [3.05, 3.63) is 54.1 Å². The normalized spacial score (nSPS) is 12.0. The molecule has 0 aromatic heterocycles. The Morgan fingerprint density at radius 1 is 1.13 bits per heavy atom. The maximum absolute atomic E-state index is 12.9. The van der Waals surface area contributed by atoms with Crippen molar-refractivity contribution < 1.29 is 22.7 Å². The number of hydrogen-bond acceptors (Lipinski definition) is 5. The van der Waals surface area contributed by atoms with E-state index in [1.807, 2.05) is 6.92 Å². The van der Waals surface area contributed by atoms with E-state index in [-0.39, 0.29) is 5.91 Å². The largest absolute Gasteiger partial charge is 0.497 e. The summed E-state index contributed by atoms with van der Waals surface area (Å²) in [6.07, 6.45) is 1.81. The molecular weight excluding hydrogens is 406 g/mol. The molecule has 0 aliphatic carbocycles. The van der Waals surface area contributed by atoms with E-state index >= 15 is 0 Å². The van der Waals surface area contributed by atoms with Crippen molar-refractivity contribution in [1.82, 2.24) is 5.32 Å². The zero-order chi connectivity index (χ0) is 22.3. The van der Waals surface area contributed by atoms with E-state index in [0.29, 0.717) is 29.2 Å². The molecule has 0 spiro atoms. The number of rotatable bonds is 9. The third kappa shape index (κ3) is 5.73. The average Bonchev–Trinajstić information content (AvgIpc) is 2.71. The summed E-state index contributed by atoms with van der Waals surface area (Å²) >= 11 is 0. The summed E-state index contributed by atoms with van der Waals surface area (Å²) in [5, 5.41) is 5.45. The first-order valence-electron chi connectivity index (χ1n) is 9.50. The van der Waals surface area contributed by atoms with Crippen molar-refractivity contribution in [2.24, 2.45) is 0 Å². The third-order valence-corrected chi connectivity index (χ3v) is 5.60. The lowest BCUT2D eigenvalue weighted by atomic mass is 10.1. The minimum atomic E-state index is -3.78. The van der Waals surface area contributed by atoms with E-state index < -0.39 is 22.0 Å². The number of nitrogens with one attached hydrogen (secondary N) is 2. The van der Waals surface area contributed by atoms with Crippen LogP contribution in [-0.4, -0.2) is 46.2 Å². The fourth-order valence-electron chi connectivity index (χ4n) is 2.92. The molecule has 8 nitrogen and oxygen atoms in total. The van der Waals surface area contributed by atoms with E-state index in [0.717, 1.165) is 17.0 Å². The van der Waals surface area contributed by atoms with Crippen LogP contribution in [0.5, 0.6) is 5.75 Å².